The lowest BCUT2D eigenvalue weighted by atomic mass is 10.3. The molecule has 0 aliphatic heterocycles. The van der Waals surface area contributed by atoms with Crippen molar-refractivity contribution >= 4 is 33.2 Å². The second-order valence-corrected chi connectivity index (χ2v) is 4.78. The number of halogens is 2. The molecule has 0 aliphatic carbocycles. The minimum Gasteiger partial charge on any atom is -0.450 e. The summed E-state index contributed by atoms with van der Waals surface area (Å²) in [7, 11) is 0. The van der Waals surface area contributed by atoms with Crippen LogP contribution in [0, 0.1) is 10.1 Å². The summed E-state index contributed by atoms with van der Waals surface area (Å²) in [6.07, 6.45) is 0. The predicted molar refractivity (Wildman–Crippen MR) is 72.3 cm³/mol. The Bertz CT molecular complexity index is 586. The van der Waals surface area contributed by atoms with Gasteiger partial charge < -0.3 is 4.74 Å². The predicted octanol–water partition coefficient (Wildman–Crippen LogP) is 4.80. The summed E-state index contributed by atoms with van der Waals surface area (Å²) in [5.41, 5.74) is -0.123. The molecule has 0 atom stereocenters. The fraction of sp³-hybridized carbons (Fsp3) is 0. The molecule has 2 aromatic carbocycles. The van der Waals surface area contributed by atoms with Gasteiger partial charge in [0.1, 0.15) is 5.75 Å². The SMILES string of the molecule is O=[N+]([O-])c1ccc(Cl)cc1Oc1ccc(Br)cc1. The van der Waals surface area contributed by atoms with Crippen molar-refractivity contribution in [1.29, 1.82) is 0 Å². The molecule has 18 heavy (non-hydrogen) atoms. The van der Waals surface area contributed by atoms with Gasteiger partial charge in [-0.25, -0.2) is 0 Å². The Hall–Kier alpha value is -1.59. The molecule has 0 heterocycles. The number of hydrogen-bond donors (Lipinski definition) is 0. The van der Waals surface area contributed by atoms with Crippen LogP contribution < -0.4 is 4.74 Å². The maximum Gasteiger partial charge on any atom is 0.311 e. The summed E-state index contributed by atoms with van der Waals surface area (Å²) >= 11 is 9.10. The average Bonchev–Trinajstić information content (AvgIpc) is 2.32. The molecule has 0 unspecified atom stereocenters. The third kappa shape index (κ3) is 3.00. The highest BCUT2D eigenvalue weighted by Gasteiger charge is 2.16. The number of nitrogens with zero attached hydrogens (tertiary/aromatic N) is 1. The van der Waals surface area contributed by atoms with E-state index in [2.05, 4.69) is 15.9 Å². The van der Waals surface area contributed by atoms with Gasteiger partial charge in [0.15, 0.2) is 0 Å². The summed E-state index contributed by atoms with van der Waals surface area (Å²) in [4.78, 5) is 10.3. The molecular weight excluding hydrogens is 321 g/mol. The van der Waals surface area contributed by atoms with Crippen LogP contribution in [-0.2, 0) is 0 Å². The third-order valence-electron chi connectivity index (χ3n) is 2.16. The molecule has 0 aliphatic rings. The second kappa shape index (κ2) is 5.37. The number of ether oxygens (including phenoxy) is 1. The Morgan fingerprint density at radius 1 is 1.17 bits per heavy atom. The molecule has 0 saturated carbocycles. The van der Waals surface area contributed by atoms with Crippen molar-refractivity contribution in [2.75, 3.05) is 0 Å². The van der Waals surface area contributed by atoms with Gasteiger partial charge in [0.2, 0.25) is 5.75 Å². The third-order valence-corrected chi connectivity index (χ3v) is 2.92. The molecule has 4 nitrogen and oxygen atoms in total. The maximum atomic E-state index is 10.9. The van der Waals surface area contributed by atoms with Crippen molar-refractivity contribution in [3.05, 3.63) is 62.1 Å². The number of hydrogen-bond acceptors (Lipinski definition) is 3. The Kier molecular flexibility index (Phi) is 3.84. The quantitative estimate of drug-likeness (QED) is 0.600. The second-order valence-electron chi connectivity index (χ2n) is 3.43. The van der Waals surface area contributed by atoms with Gasteiger partial charge in [0.05, 0.1) is 4.92 Å². The number of benzene rings is 2. The number of rotatable bonds is 3. The van der Waals surface area contributed by atoms with Crippen LogP contribution in [-0.4, -0.2) is 4.92 Å². The van der Waals surface area contributed by atoms with Gasteiger partial charge in [0.25, 0.3) is 0 Å². The van der Waals surface area contributed by atoms with Crippen LogP contribution in [0.15, 0.2) is 46.9 Å². The van der Waals surface area contributed by atoms with Gasteiger partial charge in [-0.05, 0) is 30.3 Å². The van der Waals surface area contributed by atoms with Crippen LogP contribution in [0.4, 0.5) is 5.69 Å². The molecule has 0 aromatic heterocycles. The van der Waals surface area contributed by atoms with Gasteiger partial charge in [-0.3, -0.25) is 10.1 Å². The molecule has 0 N–H and O–H groups in total. The maximum absolute atomic E-state index is 10.9. The lowest BCUT2D eigenvalue weighted by Crippen LogP contribution is -1.93. The molecule has 0 radical (unpaired) electrons. The highest BCUT2D eigenvalue weighted by Crippen LogP contribution is 2.33. The van der Waals surface area contributed by atoms with Crippen LogP contribution in [0.5, 0.6) is 11.5 Å². The zero-order valence-corrected chi connectivity index (χ0v) is 11.3. The van der Waals surface area contributed by atoms with Crippen molar-refractivity contribution in [3.8, 4) is 11.5 Å². The lowest BCUT2D eigenvalue weighted by molar-refractivity contribution is -0.385. The molecule has 2 rings (SSSR count). The van der Waals surface area contributed by atoms with Gasteiger partial charge in [-0.1, -0.05) is 27.5 Å². The van der Waals surface area contributed by atoms with E-state index in [0.717, 1.165) is 4.47 Å². The normalized spacial score (nSPS) is 10.1. The summed E-state index contributed by atoms with van der Waals surface area (Å²) in [5, 5.41) is 11.2. The van der Waals surface area contributed by atoms with E-state index in [-0.39, 0.29) is 11.4 Å². The largest absolute Gasteiger partial charge is 0.450 e. The van der Waals surface area contributed by atoms with Gasteiger partial charge in [-0.2, -0.15) is 0 Å². The first kappa shape index (κ1) is 12.9. The topological polar surface area (TPSA) is 52.4 Å². The van der Waals surface area contributed by atoms with Crippen LogP contribution in [0.2, 0.25) is 5.02 Å². The van der Waals surface area contributed by atoms with Crippen LogP contribution in [0.25, 0.3) is 0 Å². The van der Waals surface area contributed by atoms with Gasteiger partial charge in [0, 0.05) is 21.6 Å². The van der Waals surface area contributed by atoms with E-state index in [1.54, 1.807) is 24.3 Å². The van der Waals surface area contributed by atoms with Crippen LogP contribution in [0.1, 0.15) is 0 Å². The molecule has 92 valence electrons. The summed E-state index contributed by atoms with van der Waals surface area (Å²) in [5.74, 6) is 0.624. The van der Waals surface area contributed by atoms with Crippen molar-refractivity contribution in [3.63, 3.8) is 0 Å². The van der Waals surface area contributed by atoms with E-state index in [1.807, 2.05) is 0 Å². The van der Waals surface area contributed by atoms with E-state index in [1.165, 1.54) is 18.2 Å². The van der Waals surface area contributed by atoms with E-state index in [4.69, 9.17) is 16.3 Å². The Labute approximate surface area is 116 Å². The molecule has 0 saturated heterocycles. The Balaban J connectivity index is 2.35. The number of nitro benzene ring substituents is 1. The van der Waals surface area contributed by atoms with Crippen molar-refractivity contribution in [2.45, 2.75) is 0 Å². The molecular formula is C12H7BrClNO3. The fourth-order valence-electron chi connectivity index (χ4n) is 1.35. The lowest BCUT2D eigenvalue weighted by Gasteiger charge is -2.06. The van der Waals surface area contributed by atoms with E-state index < -0.39 is 4.92 Å². The molecule has 6 heteroatoms. The smallest absolute Gasteiger partial charge is 0.311 e. The standard InChI is InChI=1S/C12H7BrClNO3/c13-8-1-4-10(5-2-8)18-12-7-9(14)3-6-11(12)15(16)17/h1-7H. The average molecular weight is 329 g/mol. The van der Waals surface area contributed by atoms with E-state index in [9.17, 15) is 10.1 Å². The summed E-state index contributed by atoms with van der Waals surface area (Å²) < 4.78 is 6.36. The molecule has 0 spiro atoms. The first-order valence-corrected chi connectivity index (χ1v) is 6.11. The van der Waals surface area contributed by atoms with E-state index >= 15 is 0 Å². The summed E-state index contributed by atoms with van der Waals surface area (Å²) in [6.45, 7) is 0. The highest BCUT2D eigenvalue weighted by molar-refractivity contribution is 9.10. The number of nitro groups is 1. The first-order chi connectivity index (χ1) is 8.56. The van der Waals surface area contributed by atoms with Crippen molar-refractivity contribution in [1.82, 2.24) is 0 Å². The van der Waals surface area contributed by atoms with Crippen molar-refractivity contribution in [2.24, 2.45) is 0 Å². The zero-order valence-electron chi connectivity index (χ0n) is 8.97. The van der Waals surface area contributed by atoms with Gasteiger partial charge >= 0.3 is 5.69 Å². The monoisotopic (exact) mass is 327 g/mol. The van der Waals surface area contributed by atoms with E-state index in [0.29, 0.717) is 10.8 Å². The van der Waals surface area contributed by atoms with Crippen molar-refractivity contribution < 1.29 is 9.66 Å². The summed E-state index contributed by atoms with van der Waals surface area (Å²) in [6, 6.07) is 11.2. The van der Waals surface area contributed by atoms with Gasteiger partial charge in [-0.15, -0.1) is 0 Å². The minimum absolute atomic E-state index is 0.120. The molecule has 2 aromatic rings. The molecule has 0 amide bonds. The minimum atomic E-state index is -0.509. The Morgan fingerprint density at radius 3 is 2.44 bits per heavy atom. The molecule has 0 bridgehead atoms. The first-order valence-electron chi connectivity index (χ1n) is 4.93. The van der Waals surface area contributed by atoms with Crippen LogP contribution >= 0.6 is 27.5 Å². The molecule has 0 fully saturated rings. The van der Waals surface area contributed by atoms with Crippen LogP contribution in [0.3, 0.4) is 0 Å². The highest BCUT2D eigenvalue weighted by atomic mass is 79.9. The Morgan fingerprint density at radius 2 is 1.83 bits per heavy atom. The zero-order chi connectivity index (χ0) is 13.1. The fourth-order valence-corrected chi connectivity index (χ4v) is 1.78.